The Morgan fingerprint density at radius 1 is 0.926 bits per heavy atom. The van der Waals surface area contributed by atoms with Crippen LogP contribution in [0.25, 0.3) is 0 Å². The summed E-state index contributed by atoms with van der Waals surface area (Å²) >= 11 is 0. The zero-order valence-electron chi connectivity index (χ0n) is 17.0. The molecule has 2 amide bonds. The number of carbonyl (C=O) groups is 1. The highest BCUT2D eigenvalue weighted by Crippen LogP contribution is 2.24. The molecule has 3 rings (SSSR count). The van der Waals surface area contributed by atoms with E-state index in [4.69, 9.17) is 0 Å². The summed E-state index contributed by atoms with van der Waals surface area (Å²) in [6, 6.07) is 12.8. The van der Waals surface area contributed by atoms with Crippen LogP contribution >= 0.6 is 0 Å². The molecule has 0 bridgehead atoms. The van der Waals surface area contributed by atoms with Gasteiger partial charge in [-0.2, -0.15) is 0 Å². The number of rotatable bonds is 3. The maximum Gasteiger partial charge on any atom is 0.321 e. The van der Waals surface area contributed by atoms with E-state index < -0.39 is 0 Å². The number of anilines is 3. The quantitative estimate of drug-likeness (QED) is 0.891. The number of aryl methyl sites for hydroxylation is 3. The van der Waals surface area contributed by atoms with Gasteiger partial charge in [0.05, 0.1) is 0 Å². The summed E-state index contributed by atoms with van der Waals surface area (Å²) < 4.78 is 0. The highest BCUT2D eigenvalue weighted by Gasteiger charge is 2.22. The summed E-state index contributed by atoms with van der Waals surface area (Å²) in [5.41, 5.74) is 6.79. The second kappa shape index (κ2) is 7.91. The Bertz CT molecular complexity index is 783. The van der Waals surface area contributed by atoms with Crippen LogP contribution in [0.3, 0.4) is 0 Å². The number of carbonyl (C=O) groups excluding carboxylic acids is 1. The number of nitrogens with zero attached hydrogens (tertiary/aromatic N) is 3. The summed E-state index contributed by atoms with van der Waals surface area (Å²) in [6.07, 6.45) is 0. The molecule has 0 spiro atoms. The highest BCUT2D eigenvalue weighted by atomic mass is 16.2. The van der Waals surface area contributed by atoms with Crippen molar-refractivity contribution in [1.82, 2.24) is 4.90 Å². The van der Waals surface area contributed by atoms with Crippen LogP contribution in [0.1, 0.15) is 16.7 Å². The Kier molecular flexibility index (Phi) is 5.59. The number of benzene rings is 2. The molecule has 1 N–H and O–H groups in total. The average Bonchev–Trinajstić information content (AvgIpc) is 2.64. The lowest BCUT2D eigenvalue weighted by atomic mass is 10.1. The van der Waals surface area contributed by atoms with Crippen molar-refractivity contribution >= 4 is 23.1 Å². The molecule has 5 heteroatoms. The second-order valence-electron chi connectivity index (χ2n) is 7.59. The van der Waals surface area contributed by atoms with Crippen LogP contribution in [0.4, 0.5) is 21.9 Å². The van der Waals surface area contributed by atoms with Gasteiger partial charge >= 0.3 is 6.03 Å². The topological polar surface area (TPSA) is 38.8 Å². The van der Waals surface area contributed by atoms with Crippen LogP contribution in [-0.4, -0.2) is 51.2 Å². The van der Waals surface area contributed by atoms with E-state index in [1.807, 2.05) is 32.8 Å². The normalized spacial score (nSPS) is 14.3. The fourth-order valence-electron chi connectivity index (χ4n) is 3.69. The van der Waals surface area contributed by atoms with Gasteiger partial charge in [-0.1, -0.05) is 17.7 Å². The first-order chi connectivity index (χ1) is 12.8. The van der Waals surface area contributed by atoms with Crippen molar-refractivity contribution in [1.29, 1.82) is 0 Å². The van der Waals surface area contributed by atoms with Gasteiger partial charge < -0.3 is 20.0 Å². The van der Waals surface area contributed by atoms with Crippen molar-refractivity contribution in [3.05, 3.63) is 53.1 Å². The van der Waals surface area contributed by atoms with Gasteiger partial charge in [0.25, 0.3) is 0 Å². The molecule has 1 aliphatic heterocycles. The van der Waals surface area contributed by atoms with Crippen molar-refractivity contribution in [2.75, 3.05) is 55.4 Å². The van der Waals surface area contributed by atoms with E-state index in [1.165, 1.54) is 16.9 Å². The fourth-order valence-corrected chi connectivity index (χ4v) is 3.69. The maximum absolute atomic E-state index is 12.7. The van der Waals surface area contributed by atoms with E-state index >= 15 is 0 Å². The second-order valence-corrected chi connectivity index (χ2v) is 7.59. The number of nitrogens with one attached hydrogen (secondary N) is 1. The predicted molar refractivity (Wildman–Crippen MR) is 114 cm³/mol. The third-order valence-electron chi connectivity index (χ3n) is 5.21. The summed E-state index contributed by atoms with van der Waals surface area (Å²) in [5, 5.41) is 3.11. The molecule has 0 atom stereocenters. The molecule has 1 saturated heterocycles. The summed E-state index contributed by atoms with van der Waals surface area (Å²) in [5.74, 6) is 0. The lowest BCUT2D eigenvalue weighted by Crippen LogP contribution is -2.50. The first kappa shape index (κ1) is 19.1. The summed E-state index contributed by atoms with van der Waals surface area (Å²) in [7, 11) is 4.09. The van der Waals surface area contributed by atoms with E-state index in [1.54, 1.807) is 0 Å². The standard InChI is InChI=1S/C22H30N4O/c1-16-14-17(2)21(18(3)15-16)23-22(27)26-12-10-25(11-13-26)20-8-6-19(7-9-20)24(4)5/h6-9,14-15H,10-13H2,1-5H3,(H,23,27). The zero-order chi connectivity index (χ0) is 19.6. The van der Waals surface area contributed by atoms with Crippen molar-refractivity contribution in [2.24, 2.45) is 0 Å². The van der Waals surface area contributed by atoms with Crippen molar-refractivity contribution in [3.63, 3.8) is 0 Å². The van der Waals surface area contributed by atoms with Crippen molar-refractivity contribution in [2.45, 2.75) is 20.8 Å². The molecule has 1 aliphatic rings. The number of urea groups is 1. The Labute approximate surface area is 162 Å². The van der Waals surface area contributed by atoms with Crippen LogP contribution in [0.2, 0.25) is 0 Å². The number of amides is 2. The zero-order valence-corrected chi connectivity index (χ0v) is 17.0. The van der Waals surface area contributed by atoms with Crippen LogP contribution < -0.4 is 15.1 Å². The van der Waals surface area contributed by atoms with Crippen LogP contribution in [0, 0.1) is 20.8 Å². The van der Waals surface area contributed by atoms with Crippen LogP contribution in [0.15, 0.2) is 36.4 Å². The third kappa shape index (κ3) is 4.35. The molecule has 27 heavy (non-hydrogen) atoms. The number of hydrogen-bond acceptors (Lipinski definition) is 3. The Morgan fingerprint density at radius 2 is 1.48 bits per heavy atom. The van der Waals surface area contributed by atoms with Crippen molar-refractivity contribution in [3.8, 4) is 0 Å². The van der Waals surface area contributed by atoms with E-state index in [0.29, 0.717) is 0 Å². The molecule has 144 valence electrons. The first-order valence-electron chi connectivity index (χ1n) is 9.51. The van der Waals surface area contributed by atoms with Gasteiger partial charge in [-0.25, -0.2) is 4.79 Å². The Hall–Kier alpha value is -2.69. The average molecular weight is 367 g/mol. The Morgan fingerprint density at radius 3 is 2.00 bits per heavy atom. The molecule has 0 saturated carbocycles. The minimum atomic E-state index is -0.00680. The molecule has 2 aromatic carbocycles. The molecule has 2 aromatic rings. The van der Waals surface area contributed by atoms with Gasteiger partial charge in [0, 0.05) is 57.3 Å². The predicted octanol–water partition coefficient (Wildman–Crippen LogP) is 4.03. The summed E-state index contributed by atoms with van der Waals surface area (Å²) in [6.45, 7) is 9.32. The monoisotopic (exact) mass is 366 g/mol. The molecular weight excluding hydrogens is 336 g/mol. The molecule has 0 aliphatic carbocycles. The first-order valence-corrected chi connectivity index (χ1v) is 9.51. The van der Waals surface area contributed by atoms with Gasteiger partial charge in [0.1, 0.15) is 0 Å². The maximum atomic E-state index is 12.7. The largest absolute Gasteiger partial charge is 0.378 e. The molecular formula is C22H30N4O. The van der Waals surface area contributed by atoms with Gasteiger partial charge in [0.2, 0.25) is 0 Å². The smallest absolute Gasteiger partial charge is 0.321 e. The minimum absolute atomic E-state index is 0.00680. The van der Waals surface area contributed by atoms with E-state index in [2.05, 4.69) is 58.4 Å². The molecule has 0 unspecified atom stereocenters. The SMILES string of the molecule is Cc1cc(C)c(NC(=O)N2CCN(c3ccc(N(C)C)cc3)CC2)c(C)c1. The Balaban J connectivity index is 1.59. The summed E-state index contributed by atoms with van der Waals surface area (Å²) in [4.78, 5) is 19.1. The molecule has 1 heterocycles. The lowest BCUT2D eigenvalue weighted by molar-refractivity contribution is 0.208. The molecule has 1 fully saturated rings. The highest BCUT2D eigenvalue weighted by molar-refractivity contribution is 5.91. The van der Waals surface area contributed by atoms with Crippen LogP contribution in [-0.2, 0) is 0 Å². The van der Waals surface area contributed by atoms with Gasteiger partial charge in [0.15, 0.2) is 0 Å². The molecule has 5 nitrogen and oxygen atoms in total. The number of piperazine rings is 1. The van der Waals surface area contributed by atoms with Gasteiger partial charge in [-0.05, 0) is 56.2 Å². The molecule has 0 radical (unpaired) electrons. The number of hydrogen-bond donors (Lipinski definition) is 1. The molecule has 0 aromatic heterocycles. The third-order valence-corrected chi connectivity index (χ3v) is 5.21. The van der Waals surface area contributed by atoms with E-state index in [0.717, 1.165) is 43.0 Å². The van der Waals surface area contributed by atoms with Gasteiger partial charge in [-0.3, -0.25) is 0 Å². The van der Waals surface area contributed by atoms with E-state index in [-0.39, 0.29) is 6.03 Å². The van der Waals surface area contributed by atoms with Crippen molar-refractivity contribution < 1.29 is 4.79 Å². The fraction of sp³-hybridized carbons (Fsp3) is 0.409. The van der Waals surface area contributed by atoms with Gasteiger partial charge in [-0.15, -0.1) is 0 Å². The lowest BCUT2D eigenvalue weighted by Gasteiger charge is -2.36. The minimum Gasteiger partial charge on any atom is -0.378 e. The van der Waals surface area contributed by atoms with Crippen LogP contribution in [0.5, 0.6) is 0 Å². The van der Waals surface area contributed by atoms with E-state index in [9.17, 15) is 4.79 Å².